The normalized spacial score (nSPS) is 25.2. The Labute approximate surface area is 637 Å². The van der Waals surface area contributed by atoms with Gasteiger partial charge in [0.05, 0.1) is 103 Å². The summed E-state index contributed by atoms with van der Waals surface area (Å²) < 4.78 is 65.4. The second-order valence-electron chi connectivity index (χ2n) is 29.8. The third kappa shape index (κ3) is 29.6. The number of carbonyl (C=O) groups excluding carboxylic acids is 8. The lowest BCUT2D eigenvalue weighted by atomic mass is 9.85. The maximum absolute atomic E-state index is 12.2. The highest BCUT2D eigenvalue weighted by Crippen LogP contribution is 2.35. The summed E-state index contributed by atoms with van der Waals surface area (Å²) in [7, 11) is 5.75. The summed E-state index contributed by atoms with van der Waals surface area (Å²) in [6, 6.07) is 38.8. The first-order chi connectivity index (χ1) is 52.5. The van der Waals surface area contributed by atoms with E-state index in [4.69, 9.17) is 56.8 Å². The van der Waals surface area contributed by atoms with Gasteiger partial charge in [0.25, 0.3) is 0 Å². The predicted octanol–water partition coefficient (Wildman–Crippen LogP) is 14.1. The molecule has 4 aliphatic heterocycles. The van der Waals surface area contributed by atoms with E-state index in [-0.39, 0.29) is 97.1 Å². The second kappa shape index (κ2) is 45.6. The van der Waals surface area contributed by atoms with Gasteiger partial charge in [0.2, 0.25) is 0 Å². The number of hydrogen-bond acceptors (Lipinski definition) is 20. The molecule has 4 atom stereocenters. The molecule has 4 aliphatic carbocycles. The highest BCUT2D eigenvalue weighted by Gasteiger charge is 2.37. The number of carbonyl (C=O) groups is 8. The van der Waals surface area contributed by atoms with Crippen LogP contribution in [-0.4, -0.2) is 197 Å². The monoisotopic (exact) mass is 1500 g/mol. The maximum Gasteiger partial charge on any atom is 0.410 e. The minimum atomic E-state index is -0.272. The van der Waals surface area contributed by atoms with Crippen molar-refractivity contribution >= 4 is 48.3 Å². The highest BCUT2D eigenvalue weighted by atomic mass is 16.6. The Balaban J connectivity index is 0.000000166. The molecular formula is C84H116N4O20. The van der Waals surface area contributed by atoms with Gasteiger partial charge in [0, 0.05) is 51.9 Å². The van der Waals surface area contributed by atoms with Crippen LogP contribution in [0.1, 0.15) is 176 Å². The van der Waals surface area contributed by atoms with Gasteiger partial charge in [-0.25, -0.2) is 19.2 Å². The largest absolute Gasteiger partial charge is 0.469 e. The van der Waals surface area contributed by atoms with Crippen LogP contribution in [0.4, 0.5) is 19.2 Å². The molecule has 0 N–H and O–H groups in total. The minimum Gasteiger partial charge on any atom is -0.469 e. The average Bonchev–Trinajstić information content (AvgIpc) is 1.70. The molecule has 0 radical (unpaired) electrons. The van der Waals surface area contributed by atoms with E-state index in [9.17, 15) is 38.4 Å². The fourth-order valence-corrected chi connectivity index (χ4v) is 15.5. The molecule has 24 heteroatoms. The van der Waals surface area contributed by atoms with Crippen LogP contribution in [0.25, 0.3) is 0 Å². The zero-order valence-corrected chi connectivity index (χ0v) is 63.9. The molecule has 4 saturated heterocycles. The number of amides is 4. The molecule has 4 saturated carbocycles. The summed E-state index contributed by atoms with van der Waals surface area (Å²) in [5.41, 5.74) is 3.95. The number of hydrogen-bond donors (Lipinski definition) is 0. The first kappa shape index (κ1) is 83.7. The van der Waals surface area contributed by atoms with Crippen LogP contribution in [0.15, 0.2) is 121 Å². The zero-order chi connectivity index (χ0) is 76.2. The molecule has 24 nitrogen and oxygen atoms in total. The molecule has 592 valence electrons. The van der Waals surface area contributed by atoms with Crippen LogP contribution in [0.3, 0.4) is 0 Å². The Hall–Kier alpha value is -8.32. The van der Waals surface area contributed by atoms with E-state index in [0.29, 0.717) is 128 Å². The van der Waals surface area contributed by atoms with Crippen LogP contribution in [0.5, 0.6) is 0 Å². The van der Waals surface area contributed by atoms with Crippen LogP contribution >= 0.6 is 0 Å². The van der Waals surface area contributed by atoms with Gasteiger partial charge in [0.1, 0.15) is 26.4 Å². The van der Waals surface area contributed by atoms with Crippen LogP contribution < -0.4 is 0 Å². The van der Waals surface area contributed by atoms with E-state index >= 15 is 0 Å². The van der Waals surface area contributed by atoms with Gasteiger partial charge in [-0.05, 0) is 174 Å². The minimum absolute atomic E-state index is 0.0800. The van der Waals surface area contributed by atoms with Crippen LogP contribution in [0.2, 0.25) is 0 Å². The standard InChI is InChI=1S/4C21H29NO5/c4*1-25-20(23)13-16-7-9-18(10-8-16)27-19-11-12-22(14-19)21(24)26-15-17-5-3-2-4-6-17/h4*2-6,16,18-19H,7-15H2,1H3/t4*16?,18?,19-/m1100/s1. The molecule has 8 aliphatic rings. The lowest BCUT2D eigenvalue weighted by molar-refractivity contribution is -0.143. The van der Waals surface area contributed by atoms with Crippen molar-refractivity contribution in [3.63, 3.8) is 0 Å². The number of nitrogens with zero attached hydrogens (tertiary/aromatic N) is 4. The number of methoxy groups -OCH3 is 4. The summed E-state index contributed by atoms with van der Waals surface area (Å²) in [4.78, 5) is 101. The van der Waals surface area contributed by atoms with Crippen molar-refractivity contribution in [2.75, 3.05) is 80.8 Å². The quantitative estimate of drug-likeness (QED) is 0.0466. The molecular weight excluding hydrogens is 1380 g/mol. The number of rotatable bonds is 24. The van der Waals surface area contributed by atoms with Gasteiger partial charge >= 0.3 is 48.3 Å². The summed E-state index contributed by atoms with van der Waals surface area (Å²) >= 11 is 0. The molecule has 4 heterocycles. The lowest BCUT2D eigenvalue weighted by Gasteiger charge is -2.30. The van der Waals surface area contributed by atoms with Crippen molar-refractivity contribution in [3.05, 3.63) is 144 Å². The van der Waals surface area contributed by atoms with Gasteiger partial charge in [-0.3, -0.25) is 19.2 Å². The van der Waals surface area contributed by atoms with Gasteiger partial charge in [-0.2, -0.15) is 0 Å². The van der Waals surface area contributed by atoms with Crippen molar-refractivity contribution in [2.45, 2.75) is 229 Å². The summed E-state index contributed by atoms with van der Waals surface area (Å²) in [6.45, 7) is 6.27. The zero-order valence-electron chi connectivity index (χ0n) is 63.9. The predicted molar refractivity (Wildman–Crippen MR) is 400 cm³/mol. The lowest BCUT2D eigenvalue weighted by Crippen LogP contribution is -2.33. The third-order valence-electron chi connectivity index (χ3n) is 21.9. The van der Waals surface area contributed by atoms with Crippen molar-refractivity contribution in [1.29, 1.82) is 0 Å². The molecule has 12 rings (SSSR count). The van der Waals surface area contributed by atoms with Crippen molar-refractivity contribution < 1.29 is 95.2 Å². The number of benzene rings is 4. The van der Waals surface area contributed by atoms with Crippen LogP contribution in [0, 0.1) is 23.7 Å². The van der Waals surface area contributed by atoms with E-state index in [1.54, 1.807) is 19.6 Å². The Bertz CT molecular complexity index is 2890. The van der Waals surface area contributed by atoms with Gasteiger partial charge in [0.15, 0.2) is 0 Å². The molecule has 0 spiro atoms. The summed E-state index contributed by atoms with van der Waals surface area (Å²) in [5, 5.41) is 0. The molecule has 0 unspecified atom stereocenters. The fraction of sp³-hybridized carbons (Fsp3) is 0.619. The highest BCUT2D eigenvalue weighted by molar-refractivity contribution is 5.71. The Morgan fingerprint density at radius 1 is 0.259 bits per heavy atom. The average molecular weight is 1500 g/mol. The smallest absolute Gasteiger partial charge is 0.410 e. The van der Waals surface area contributed by atoms with Gasteiger partial charge in [-0.15, -0.1) is 0 Å². The molecule has 4 amide bonds. The third-order valence-corrected chi connectivity index (χ3v) is 21.9. The SMILES string of the molecule is COC(=O)CC1CCC(O[C@@H]2CCN(C(=O)OCc3ccccc3)C2)CC1.COC(=O)CC1CCC(O[C@@H]2CCN(C(=O)OCc3ccccc3)C2)CC1.COC(=O)CC1CCC(O[C@H]2CCN(C(=O)OCc3ccccc3)C2)CC1.COC(=O)CC1CCC(O[C@H]2CCN(C(=O)OCc3ccccc3)C2)CC1. The maximum atomic E-state index is 12.2. The molecule has 108 heavy (non-hydrogen) atoms. The van der Waals surface area contributed by atoms with Crippen molar-refractivity contribution in [1.82, 2.24) is 19.6 Å². The van der Waals surface area contributed by atoms with Gasteiger partial charge in [-0.1, -0.05) is 121 Å². The molecule has 0 bridgehead atoms. The molecule has 8 fully saturated rings. The first-order valence-electron chi connectivity index (χ1n) is 39.3. The van der Waals surface area contributed by atoms with E-state index in [1.807, 2.05) is 121 Å². The Morgan fingerprint density at radius 3 is 0.620 bits per heavy atom. The first-order valence-corrected chi connectivity index (χ1v) is 39.3. The number of likely N-dealkylation sites (tertiary alicyclic amines) is 4. The fourth-order valence-electron chi connectivity index (χ4n) is 15.5. The van der Waals surface area contributed by atoms with E-state index in [1.165, 1.54) is 28.4 Å². The Kier molecular flexibility index (Phi) is 35.4. The Morgan fingerprint density at radius 2 is 0.444 bits per heavy atom. The van der Waals surface area contributed by atoms with Gasteiger partial charge < -0.3 is 76.4 Å². The number of ether oxygens (including phenoxy) is 12. The van der Waals surface area contributed by atoms with Crippen LogP contribution in [-0.2, 0) is 102 Å². The number of esters is 4. The molecule has 0 aromatic heterocycles. The molecule has 4 aromatic rings. The summed E-state index contributed by atoms with van der Waals surface area (Å²) in [6.07, 6.45) is 21.3. The summed E-state index contributed by atoms with van der Waals surface area (Å²) in [5.74, 6) is 1.13. The molecule has 4 aromatic carbocycles. The topological polar surface area (TPSA) is 260 Å². The van der Waals surface area contributed by atoms with Crippen molar-refractivity contribution in [3.8, 4) is 0 Å². The van der Waals surface area contributed by atoms with E-state index in [0.717, 1.165) is 151 Å². The van der Waals surface area contributed by atoms with Crippen molar-refractivity contribution in [2.24, 2.45) is 23.7 Å². The van der Waals surface area contributed by atoms with E-state index in [2.05, 4.69) is 0 Å². The van der Waals surface area contributed by atoms with E-state index < -0.39 is 0 Å². The second-order valence-corrected chi connectivity index (χ2v) is 29.8.